The van der Waals surface area contributed by atoms with Crippen molar-refractivity contribution in [2.24, 2.45) is 0 Å². The smallest absolute Gasteiger partial charge is 0.267 e. The van der Waals surface area contributed by atoms with Crippen LogP contribution < -0.4 is 10.6 Å². The van der Waals surface area contributed by atoms with E-state index in [-0.39, 0.29) is 11.7 Å². The maximum atomic E-state index is 12.4. The maximum absolute atomic E-state index is 12.4. The monoisotopic (exact) mass is 291 g/mol. The van der Waals surface area contributed by atoms with Gasteiger partial charge in [0.25, 0.3) is 5.91 Å². The number of pyridine rings is 1. The fourth-order valence-electron chi connectivity index (χ4n) is 1.68. The third-order valence-electron chi connectivity index (χ3n) is 2.71. The fraction of sp³-hybridized carbons (Fsp3) is 0.308. The van der Waals surface area contributed by atoms with E-state index in [2.05, 4.69) is 9.97 Å². The number of amides is 1. The van der Waals surface area contributed by atoms with Crippen molar-refractivity contribution in [1.82, 2.24) is 14.9 Å². The lowest BCUT2D eigenvalue weighted by Crippen LogP contribution is -2.26. The standard InChI is InChI=1S/C13H17N5OS/c1-17(2)13-16-11(14)10(20-13)12(19)18(3)8-9-5-4-6-15-7-9/h4-7H,8,14H2,1-3H3. The summed E-state index contributed by atoms with van der Waals surface area (Å²) in [5.41, 5.74) is 6.80. The van der Waals surface area contributed by atoms with E-state index in [0.717, 1.165) is 10.7 Å². The number of thiazole rings is 1. The van der Waals surface area contributed by atoms with E-state index in [9.17, 15) is 4.79 Å². The maximum Gasteiger partial charge on any atom is 0.267 e. The molecule has 0 saturated heterocycles. The van der Waals surface area contributed by atoms with Gasteiger partial charge in [0.15, 0.2) is 5.13 Å². The minimum atomic E-state index is -0.128. The topological polar surface area (TPSA) is 75.4 Å². The predicted molar refractivity (Wildman–Crippen MR) is 80.9 cm³/mol. The Bertz CT molecular complexity index is 596. The Balaban J connectivity index is 2.14. The van der Waals surface area contributed by atoms with Gasteiger partial charge in [-0.3, -0.25) is 9.78 Å². The summed E-state index contributed by atoms with van der Waals surface area (Å²) in [4.78, 5) is 24.5. The van der Waals surface area contributed by atoms with Crippen molar-refractivity contribution >= 4 is 28.2 Å². The minimum absolute atomic E-state index is 0.128. The third-order valence-corrected chi connectivity index (χ3v) is 3.94. The fourth-order valence-corrected chi connectivity index (χ4v) is 2.58. The minimum Gasteiger partial charge on any atom is -0.382 e. The molecule has 0 radical (unpaired) electrons. The molecule has 0 saturated carbocycles. The van der Waals surface area contributed by atoms with Crippen LogP contribution in [-0.4, -0.2) is 41.9 Å². The summed E-state index contributed by atoms with van der Waals surface area (Å²) in [6.45, 7) is 0.487. The van der Waals surface area contributed by atoms with Crippen molar-refractivity contribution in [3.63, 3.8) is 0 Å². The number of carbonyl (C=O) groups is 1. The lowest BCUT2D eigenvalue weighted by Gasteiger charge is -2.16. The van der Waals surface area contributed by atoms with E-state index in [0.29, 0.717) is 11.4 Å². The molecule has 0 aliphatic rings. The molecule has 2 aromatic heterocycles. The van der Waals surface area contributed by atoms with E-state index < -0.39 is 0 Å². The average Bonchev–Trinajstić information content (AvgIpc) is 2.81. The molecule has 0 bridgehead atoms. The molecule has 0 aliphatic carbocycles. The number of nitrogens with zero attached hydrogens (tertiary/aromatic N) is 4. The molecule has 0 fully saturated rings. The summed E-state index contributed by atoms with van der Waals surface area (Å²) in [6, 6.07) is 3.77. The molecule has 106 valence electrons. The van der Waals surface area contributed by atoms with Crippen molar-refractivity contribution in [3.05, 3.63) is 35.0 Å². The molecule has 2 aromatic rings. The van der Waals surface area contributed by atoms with Crippen molar-refractivity contribution < 1.29 is 4.79 Å². The highest BCUT2D eigenvalue weighted by Gasteiger charge is 2.20. The Morgan fingerprint density at radius 3 is 2.70 bits per heavy atom. The second kappa shape index (κ2) is 5.87. The summed E-state index contributed by atoms with van der Waals surface area (Å²) < 4.78 is 0. The van der Waals surface area contributed by atoms with Gasteiger partial charge in [-0.15, -0.1) is 0 Å². The second-order valence-corrected chi connectivity index (χ2v) is 5.61. The van der Waals surface area contributed by atoms with E-state index in [1.54, 1.807) is 24.3 Å². The molecule has 0 atom stereocenters. The highest BCUT2D eigenvalue weighted by atomic mass is 32.1. The summed E-state index contributed by atoms with van der Waals surface area (Å²) >= 11 is 1.30. The van der Waals surface area contributed by atoms with Crippen LogP contribution in [0.5, 0.6) is 0 Å². The number of hydrogen-bond acceptors (Lipinski definition) is 6. The van der Waals surface area contributed by atoms with Crippen LogP contribution in [0.1, 0.15) is 15.2 Å². The van der Waals surface area contributed by atoms with Crippen LogP contribution >= 0.6 is 11.3 Å². The molecule has 7 heteroatoms. The first-order valence-corrected chi connectivity index (χ1v) is 6.88. The molecular formula is C13H17N5OS. The van der Waals surface area contributed by atoms with Crippen molar-refractivity contribution in [3.8, 4) is 0 Å². The first kappa shape index (κ1) is 14.3. The summed E-state index contributed by atoms with van der Waals surface area (Å²) in [5, 5.41) is 0.723. The van der Waals surface area contributed by atoms with Gasteiger partial charge in [-0.2, -0.15) is 0 Å². The van der Waals surface area contributed by atoms with Crippen molar-refractivity contribution in [1.29, 1.82) is 0 Å². The van der Waals surface area contributed by atoms with Crippen LogP contribution in [-0.2, 0) is 6.54 Å². The van der Waals surface area contributed by atoms with Crippen LogP contribution in [0.4, 0.5) is 10.9 Å². The Labute approximate surface area is 121 Å². The molecule has 2 heterocycles. The van der Waals surface area contributed by atoms with Gasteiger partial charge in [0.1, 0.15) is 10.7 Å². The van der Waals surface area contributed by atoms with Gasteiger partial charge in [0.05, 0.1) is 0 Å². The molecule has 0 aliphatic heterocycles. The summed E-state index contributed by atoms with van der Waals surface area (Å²) in [5.74, 6) is 0.152. The van der Waals surface area contributed by atoms with Gasteiger partial charge >= 0.3 is 0 Å². The molecule has 6 nitrogen and oxygen atoms in total. The first-order valence-electron chi connectivity index (χ1n) is 6.07. The zero-order chi connectivity index (χ0) is 14.7. The highest BCUT2D eigenvalue weighted by molar-refractivity contribution is 7.18. The molecular weight excluding hydrogens is 274 g/mol. The molecule has 0 aromatic carbocycles. The summed E-state index contributed by atoms with van der Waals surface area (Å²) in [6.07, 6.45) is 3.45. The molecule has 1 amide bonds. The SMILES string of the molecule is CN(Cc1cccnc1)C(=O)c1sc(N(C)C)nc1N. The second-order valence-electron chi connectivity index (χ2n) is 4.63. The Morgan fingerprint density at radius 1 is 1.40 bits per heavy atom. The van der Waals surface area contributed by atoms with Gasteiger partial charge in [-0.05, 0) is 11.6 Å². The first-order chi connectivity index (χ1) is 9.49. The van der Waals surface area contributed by atoms with Crippen molar-refractivity contribution in [2.75, 3.05) is 31.8 Å². The Kier molecular flexibility index (Phi) is 4.19. The number of rotatable bonds is 4. The number of nitrogen functional groups attached to an aromatic ring is 1. The van der Waals surface area contributed by atoms with Crippen molar-refractivity contribution in [2.45, 2.75) is 6.54 Å². The van der Waals surface area contributed by atoms with Gasteiger partial charge in [0.2, 0.25) is 0 Å². The number of nitrogens with two attached hydrogens (primary N) is 1. The average molecular weight is 291 g/mol. The van der Waals surface area contributed by atoms with E-state index in [4.69, 9.17) is 5.73 Å². The van der Waals surface area contributed by atoms with Gasteiger partial charge in [-0.1, -0.05) is 17.4 Å². The quantitative estimate of drug-likeness (QED) is 0.923. The molecule has 2 rings (SSSR count). The van der Waals surface area contributed by atoms with E-state index >= 15 is 0 Å². The molecule has 0 unspecified atom stereocenters. The number of anilines is 2. The van der Waals surface area contributed by atoms with Gasteiger partial charge < -0.3 is 15.5 Å². The largest absolute Gasteiger partial charge is 0.382 e. The number of hydrogen-bond donors (Lipinski definition) is 1. The Hall–Kier alpha value is -2.15. The molecule has 0 spiro atoms. The van der Waals surface area contributed by atoms with Gasteiger partial charge in [-0.25, -0.2) is 4.98 Å². The highest BCUT2D eigenvalue weighted by Crippen LogP contribution is 2.27. The normalized spacial score (nSPS) is 10.3. The van der Waals surface area contributed by atoms with Crippen LogP contribution in [0.2, 0.25) is 0 Å². The molecule has 2 N–H and O–H groups in total. The Morgan fingerprint density at radius 2 is 2.15 bits per heavy atom. The number of carbonyl (C=O) groups excluding carboxylic acids is 1. The van der Waals surface area contributed by atoms with E-state index in [1.165, 1.54) is 11.3 Å². The van der Waals surface area contributed by atoms with Crippen LogP contribution in [0, 0.1) is 0 Å². The zero-order valence-electron chi connectivity index (χ0n) is 11.7. The zero-order valence-corrected chi connectivity index (χ0v) is 12.5. The van der Waals surface area contributed by atoms with Crippen LogP contribution in [0.3, 0.4) is 0 Å². The predicted octanol–water partition coefficient (Wildman–Crippen LogP) is 1.46. The lowest BCUT2D eigenvalue weighted by atomic mass is 10.2. The summed E-state index contributed by atoms with van der Waals surface area (Å²) in [7, 11) is 5.47. The van der Waals surface area contributed by atoms with Crippen LogP contribution in [0.25, 0.3) is 0 Å². The van der Waals surface area contributed by atoms with E-state index in [1.807, 2.05) is 31.1 Å². The van der Waals surface area contributed by atoms with Gasteiger partial charge in [0, 0.05) is 40.1 Å². The van der Waals surface area contributed by atoms with Crippen LogP contribution in [0.15, 0.2) is 24.5 Å². The molecule has 20 heavy (non-hydrogen) atoms. The number of aromatic nitrogens is 2. The lowest BCUT2D eigenvalue weighted by molar-refractivity contribution is 0.0790. The third kappa shape index (κ3) is 3.05.